The van der Waals surface area contributed by atoms with Gasteiger partial charge in [-0.2, -0.15) is 0 Å². The predicted octanol–water partition coefficient (Wildman–Crippen LogP) is 4.14. The van der Waals surface area contributed by atoms with Crippen molar-refractivity contribution in [1.82, 2.24) is 15.3 Å². The van der Waals surface area contributed by atoms with Gasteiger partial charge in [0.05, 0.1) is 23.8 Å². The number of imidazole rings is 1. The van der Waals surface area contributed by atoms with Crippen LogP contribution in [0.1, 0.15) is 10.4 Å². The molecule has 0 spiro atoms. The van der Waals surface area contributed by atoms with Crippen LogP contribution in [0, 0.1) is 0 Å². The molecule has 33 heavy (non-hydrogen) atoms. The number of hydrogen-bond donors (Lipinski definition) is 3. The lowest BCUT2D eigenvalue weighted by atomic mass is 10.1. The summed E-state index contributed by atoms with van der Waals surface area (Å²) in [6.45, 7) is 0.931. The second-order valence-corrected chi connectivity index (χ2v) is 7.69. The third kappa shape index (κ3) is 4.31. The van der Waals surface area contributed by atoms with Gasteiger partial charge in [0.15, 0.2) is 16.6 Å². The number of carbonyl (C=O) groups is 1. The van der Waals surface area contributed by atoms with E-state index in [4.69, 9.17) is 26.4 Å². The minimum absolute atomic E-state index is 0.134. The van der Waals surface area contributed by atoms with Gasteiger partial charge in [-0.25, -0.2) is 4.98 Å². The standard InChI is InChI=1S/C24H20N4O4S/c1-30-19-8-6-14(22-25-16-4-2-3-5-17(16)26-22)12-18(19)27-24(33)28-23(29)15-7-9-20-21(13-15)32-11-10-31-20/h2-9,12-13H,10-11H2,1H3,(H,25,26)(H2,27,28,29,33). The Kier molecular flexibility index (Phi) is 5.54. The summed E-state index contributed by atoms with van der Waals surface area (Å²) in [6.07, 6.45) is 0. The van der Waals surface area contributed by atoms with Crippen LogP contribution in [-0.2, 0) is 0 Å². The van der Waals surface area contributed by atoms with Crippen LogP contribution in [0.3, 0.4) is 0 Å². The van der Waals surface area contributed by atoms with Crippen molar-refractivity contribution in [3.8, 4) is 28.6 Å². The van der Waals surface area contributed by atoms with E-state index in [-0.39, 0.29) is 11.0 Å². The number of anilines is 1. The van der Waals surface area contributed by atoms with Crippen LogP contribution < -0.4 is 24.8 Å². The van der Waals surface area contributed by atoms with Gasteiger partial charge < -0.3 is 24.5 Å². The lowest BCUT2D eigenvalue weighted by Crippen LogP contribution is -2.34. The van der Waals surface area contributed by atoms with Crippen LogP contribution in [0.15, 0.2) is 60.7 Å². The van der Waals surface area contributed by atoms with Crippen LogP contribution in [0.2, 0.25) is 0 Å². The molecule has 0 radical (unpaired) electrons. The maximum absolute atomic E-state index is 12.7. The highest BCUT2D eigenvalue weighted by Crippen LogP contribution is 2.32. The fourth-order valence-corrected chi connectivity index (χ4v) is 3.76. The van der Waals surface area contributed by atoms with Crippen molar-refractivity contribution in [2.75, 3.05) is 25.6 Å². The minimum atomic E-state index is -0.364. The number of benzene rings is 3. The second kappa shape index (κ2) is 8.79. The molecule has 0 bridgehead atoms. The van der Waals surface area contributed by atoms with E-state index in [0.717, 1.165) is 16.6 Å². The predicted molar refractivity (Wildman–Crippen MR) is 129 cm³/mol. The number of hydrogen-bond acceptors (Lipinski definition) is 6. The highest BCUT2D eigenvalue weighted by atomic mass is 32.1. The molecule has 0 aliphatic carbocycles. The Labute approximate surface area is 194 Å². The van der Waals surface area contributed by atoms with E-state index in [2.05, 4.69) is 20.6 Å². The molecule has 5 rings (SSSR count). The van der Waals surface area contributed by atoms with Gasteiger partial charge in [0.25, 0.3) is 5.91 Å². The van der Waals surface area contributed by atoms with Crippen LogP contribution in [0.25, 0.3) is 22.4 Å². The number of nitrogens with zero attached hydrogens (tertiary/aromatic N) is 1. The highest BCUT2D eigenvalue weighted by molar-refractivity contribution is 7.80. The monoisotopic (exact) mass is 460 g/mol. The molecule has 1 aromatic heterocycles. The van der Waals surface area contributed by atoms with Crippen molar-refractivity contribution in [1.29, 1.82) is 0 Å². The third-order valence-electron chi connectivity index (χ3n) is 5.14. The molecule has 3 aromatic carbocycles. The number of rotatable bonds is 4. The molecule has 0 unspecified atom stereocenters. The number of methoxy groups -OCH3 is 1. The maximum Gasteiger partial charge on any atom is 0.257 e. The van der Waals surface area contributed by atoms with Crippen LogP contribution >= 0.6 is 12.2 Å². The largest absolute Gasteiger partial charge is 0.495 e. The number of aromatic amines is 1. The molecule has 1 aliphatic rings. The van der Waals surface area contributed by atoms with Crippen LogP contribution in [0.4, 0.5) is 5.69 Å². The van der Waals surface area contributed by atoms with E-state index < -0.39 is 0 Å². The zero-order valence-corrected chi connectivity index (χ0v) is 18.5. The molecule has 8 nitrogen and oxygen atoms in total. The minimum Gasteiger partial charge on any atom is -0.495 e. The average molecular weight is 461 g/mol. The summed E-state index contributed by atoms with van der Waals surface area (Å²) in [5.74, 6) is 2.08. The lowest BCUT2D eigenvalue weighted by molar-refractivity contribution is 0.0976. The van der Waals surface area contributed by atoms with Crippen molar-refractivity contribution in [3.63, 3.8) is 0 Å². The molecule has 0 saturated heterocycles. The van der Waals surface area contributed by atoms with E-state index in [1.807, 2.05) is 42.5 Å². The molecule has 1 aliphatic heterocycles. The summed E-state index contributed by atoms with van der Waals surface area (Å²) in [5.41, 5.74) is 3.67. The molecule has 166 valence electrons. The molecule has 2 heterocycles. The summed E-state index contributed by atoms with van der Waals surface area (Å²) in [7, 11) is 1.57. The number of carbonyl (C=O) groups excluding carboxylic acids is 1. The normalized spacial score (nSPS) is 12.3. The SMILES string of the molecule is COc1ccc(-c2nc3ccccc3[nH]2)cc1NC(=S)NC(=O)c1ccc2c(c1)OCCO2. The smallest absolute Gasteiger partial charge is 0.257 e. The molecule has 1 amide bonds. The summed E-state index contributed by atoms with van der Waals surface area (Å²) in [6, 6.07) is 18.4. The number of fused-ring (bicyclic) bond motifs is 2. The molecule has 0 fully saturated rings. The summed E-state index contributed by atoms with van der Waals surface area (Å²) >= 11 is 5.38. The summed E-state index contributed by atoms with van der Waals surface area (Å²) < 4.78 is 16.5. The Hall–Kier alpha value is -4.11. The third-order valence-corrected chi connectivity index (χ3v) is 5.35. The van der Waals surface area contributed by atoms with E-state index in [9.17, 15) is 4.79 Å². The Morgan fingerprint density at radius 3 is 2.70 bits per heavy atom. The Balaban J connectivity index is 1.34. The first kappa shape index (κ1) is 20.8. The van der Waals surface area contributed by atoms with Gasteiger partial charge >= 0.3 is 0 Å². The van der Waals surface area contributed by atoms with Crippen molar-refractivity contribution in [2.45, 2.75) is 0 Å². The first-order chi connectivity index (χ1) is 16.1. The number of para-hydroxylation sites is 2. The highest BCUT2D eigenvalue weighted by Gasteiger charge is 2.17. The van der Waals surface area contributed by atoms with Gasteiger partial charge in [-0.3, -0.25) is 10.1 Å². The van der Waals surface area contributed by atoms with Crippen LogP contribution in [-0.4, -0.2) is 41.3 Å². The van der Waals surface area contributed by atoms with E-state index in [1.165, 1.54) is 0 Å². The first-order valence-corrected chi connectivity index (χ1v) is 10.7. The number of amides is 1. The Bertz CT molecular complexity index is 1330. The molecular weight excluding hydrogens is 440 g/mol. The average Bonchev–Trinajstić information content (AvgIpc) is 3.28. The van der Waals surface area contributed by atoms with E-state index >= 15 is 0 Å². The Morgan fingerprint density at radius 2 is 1.88 bits per heavy atom. The summed E-state index contributed by atoms with van der Waals surface area (Å²) in [4.78, 5) is 20.6. The van der Waals surface area contributed by atoms with E-state index in [0.29, 0.717) is 47.5 Å². The van der Waals surface area contributed by atoms with Crippen molar-refractivity contribution < 1.29 is 19.0 Å². The molecule has 0 atom stereocenters. The second-order valence-electron chi connectivity index (χ2n) is 7.28. The topological polar surface area (TPSA) is 97.5 Å². The fourth-order valence-electron chi connectivity index (χ4n) is 3.56. The van der Waals surface area contributed by atoms with Crippen LogP contribution in [0.5, 0.6) is 17.2 Å². The fraction of sp³-hybridized carbons (Fsp3) is 0.125. The zero-order chi connectivity index (χ0) is 22.8. The molecule has 9 heteroatoms. The van der Waals surface area contributed by atoms with Gasteiger partial charge in [0, 0.05) is 11.1 Å². The lowest BCUT2D eigenvalue weighted by Gasteiger charge is -2.19. The summed E-state index contributed by atoms with van der Waals surface area (Å²) in [5, 5.41) is 5.87. The number of aromatic nitrogens is 2. The van der Waals surface area contributed by atoms with Gasteiger partial charge in [-0.1, -0.05) is 12.1 Å². The quantitative estimate of drug-likeness (QED) is 0.394. The number of H-pyrrole nitrogens is 1. The van der Waals surface area contributed by atoms with Crippen molar-refractivity contribution in [2.24, 2.45) is 0 Å². The molecule has 3 N–H and O–H groups in total. The van der Waals surface area contributed by atoms with E-state index in [1.54, 1.807) is 25.3 Å². The van der Waals surface area contributed by atoms with Gasteiger partial charge in [0.1, 0.15) is 24.8 Å². The maximum atomic E-state index is 12.7. The molecule has 4 aromatic rings. The molecular formula is C24H20N4O4S. The Morgan fingerprint density at radius 1 is 1.06 bits per heavy atom. The van der Waals surface area contributed by atoms with Gasteiger partial charge in [-0.05, 0) is 60.7 Å². The van der Waals surface area contributed by atoms with Gasteiger partial charge in [-0.15, -0.1) is 0 Å². The molecule has 0 saturated carbocycles. The first-order valence-electron chi connectivity index (χ1n) is 10.3. The van der Waals surface area contributed by atoms with Crippen molar-refractivity contribution >= 4 is 40.0 Å². The number of thiocarbonyl (C=S) groups is 1. The number of ether oxygens (including phenoxy) is 3. The van der Waals surface area contributed by atoms with Gasteiger partial charge in [0.2, 0.25) is 0 Å². The number of nitrogens with one attached hydrogen (secondary N) is 3. The zero-order valence-electron chi connectivity index (χ0n) is 17.7. The van der Waals surface area contributed by atoms with Crippen molar-refractivity contribution in [3.05, 3.63) is 66.2 Å².